The quantitative estimate of drug-likeness (QED) is 0.381. The van der Waals surface area contributed by atoms with Gasteiger partial charge >= 0.3 is 5.97 Å². The highest BCUT2D eigenvalue weighted by Crippen LogP contribution is 2.17. The van der Waals surface area contributed by atoms with E-state index in [9.17, 15) is 9.59 Å². The number of esters is 1. The van der Waals surface area contributed by atoms with Crippen molar-refractivity contribution in [3.63, 3.8) is 0 Å². The van der Waals surface area contributed by atoms with Crippen molar-refractivity contribution >= 4 is 36.1 Å². The molecule has 0 heterocycles. The smallest absolute Gasteiger partial charge is 0.306 e. The van der Waals surface area contributed by atoms with Crippen molar-refractivity contribution in [3.05, 3.63) is 11.5 Å². The number of unbranched alkanes of at least 4 members (excludes halogenated alkanes) is 2. The van der Waals surface area contributed by atoms with Gasteiger partial charge in [0, 0.05) is 12.2 Å². The molecule has 0 aromatic rings. The van der Waals surface area contributed by atoms with Crippen LogP contribution in [0.1, 0.15) is 39.0 Å². The molecule has 0 amide bonds. The van der Waals surface area contributed by atoms with Crippen LogP contribution in [-0.2, 0) is 14.3 Å². The number of ketones is 1. The van der Waals surface area contributed by atoms with Crippen molar-refractivity contribution in [3.8, 4) is 0 Å². The van der Waals surface area contributed by atoms with Crippen LogP contribution in [0.15, 0.2) is 11.5 Å². The van der Waals surface area contributed by atoms with Crippen LogP contribution in [0.4, 0.5) is 0 Å². The van der Waals surface area contributed by atoms with Crippen molar-refractivity contribution in [2.75, 3.05) is 12.0 Å². The average molecular weight is 290 g/mol. The summed E-state index contributed by atoms with van der Waals surface area (Å²) in [6, 6.07) is 0. The third kappa shape index (κ3) is 8.64. The molecule has 0 saturated carbocycles. The highest BCUT2D eigenvalue weighted by Gasteiger charge is 2.16. The largest absolute Gasteiger partial charge is 0.453 e. The summed E-state index contributed by atoms with van der Waals surface area (Å²) >= 11 is 5.65. The first-order valence-electron chi connectivity index (χ1n) is 6.03. The SMILES string of the molecule is C=C(CCCCCC(=O)OC(CS)C(C)=O)SC. The van der Waals surface area contributed by atoms with Gasteiger partial charge in [-0.3, -0.25) is 9.59 Å². The van der Waals surface area contributed by atoms with Crippen molar-refractivity contribution in [1.82, 2.24) is 0 Å². The van der Waals surface area contributed by atoms with Crippen LogP contribution in [0.3, 0.4) is 0 Å². The number of Topliss-reactive ketones (excluding diaryl/α,β-unsaturated/α-hetero) is 1. The molecule has 0 rings (SSSR count). The minimum Gasteiger partial charge on any atom is -0.453 e. The van der Waals surface area contributed by atoms with Gasteiger partial charge in [0.25, 0.3) is 0 Å². The molecule has 0 spiro atoms. The molecule has 3 nitrogen and oxygen atoms in total. The lowest BCUT2D eigenvalue weighted by Gasteiger charge is -2.12. The van der Waals surface area contributed by atoms with E-state index in [1.54, 1.807) is 11.8 Å². The molecule has 0 aromatic heterocycles. The number of ether oxygens (including phenoxy) is 1. The molecule has 0 bridgehead atoms. The Morgan fingerprint density at radius 2 is 1.89 bits per heavy atom. The Morgan fingerprint density at radius 3 is 2.39 bits per heavy atom. The molecule has 5 heteroatoms. The number of carbonyl (C=O) groups is 2. The summed E-state index contributed by atoms with van der Waals surface area (Å²) in [6.07, 6.45) is 5.47. The number of allylic oxidation sites excluding steroid dienone is 1. The zero-order chi connectivity index (χ0) is 14.0. The number of thiol groups is 1. The van der Waals surface area contributed by atoms with Crippen LogP contribution < -0.4 is 0 Å². The molecule has 0 aliphatic carbocycles. The molecule has 18 heavy (non-hydrogen) atoms. The van der Waals surface area contributed by atoms with Gasteiger partial charge in [-0.25, -0.2) is 0 Å². The second-order valence-electron chi connectivity index (χ2n) is 4.08. The molecule has 1 unspecified atom stereocenters. The summed E-state index contributed by atoms with van der Waals surface area (Å²) < 4.78 is 5.02. The number of thioether (sulfide) groups is 1. The lowest BCUT2D eigenvalue weighted by atomic mass is 10.1. The van der Waals surface area contributed by atoms with E-state index in [-0.39, 0.29) is 17.5 Å². The summed E-state index contributed by atoms with van der Waals surface area (Å²) in [4.78, 5) is 23.7. The van der Waals surface area contributed by atoms with E-state index in [1.807, 2.05) is 6.26 Å². The summed E-state index contributed by atoms with van der Waals surface area (Å²) in [5.41, 5.74) is 0. The van der Waals surface area contributed by atoms with Crippen molar-refractivity contribution in [1.29, 1.82) is 0 Å². The lowest BCUT2D eigenvalue weighted by Crippen LogP contribution is -2.26. The lowest BCUT2D eigenvalue weighted by molar-refractivity contribution is -0.153. The maximum absolute atomic E-state index is 11.4. The van der Waals surface area contributed by atoms with Gasteiger partial charge in [-0.2, -0.15) is 12.6 Å². The maximum Gasteiger partial charge on any atom is 0.306 e. The van der Waals surface area contributed by atoms with Crippen LogP contribution in [0.2, 0.25) is 0 Å². The van der Waals surface area contributed by atoms with E-state index >= 15 is 0 Å². The van der Waals surface area contributed by atoms with Crippen LogP contribution >= 0.6 is 24.4 Å². The Bertz CT molecular complexity index is 290. The molecule has 0 N–H and O–H groups in total. The first kappa shape index (κ1) is 17.6. The molecule has 0 fully saturated rings. The molecule has 0 aliphatic heterocycles. The second-order valence-corrected chi connectivity index (χ2v) is 5.43. The number of rotatable bonds is 10. The van der Waals surface area contributed by atoms with E-state index < -0.39 is 6.10 Å². The van der Waals surface area contributed by atoms with Crippen molar-refractivity contribution < 1.29 is 14.3 Å². The maximum atomic E-state index is 11.4. The number of hydrogen-bond acceptors (Lipinski definition) is 5. The van der Waals surface area contributed by atoms with E-state index in [0.29, 0.717) is 6.42 Å². The van der Waals surface area contributed by atoms with Crippen LogP contribution in [0.5, 0.6) is 0 Å². The van der Waals surface area contributed by atoms with Gasteiger partial charge in [0.1, 0.15) is 0 Å². The molecular formula is C13H22O3S2. The van der Waals surface area contributed by atoms with Gasteiger partial charge in [-0.05, 0) is 37.3 Å². The van der Waals surface area contributed by atoms with E-state index in [2.05, 4.69) is 19.2 Å². The molecule has 0 aromatic carbocycles. The summed E-state index contributed by atoms with van der Waals surface area (Å²) in [7, 11) is 0. The Balaban J connectivity index is 3.65. The zero-order valence-corrected chi connectivity index (χ0v) is 12.8. The van der Waals surface area contributed by atoms with Gasteiger partial charge in [-0.15, -0.1) is 11.8 Å². The summed E-state index contributed by atoms with van der Waals surface area (Å²) in [5.74, 6) is -0.225. The third-order valence-corrected chi connectivity index (χ3v) is 3.63. The minimum atomic E-state index is -0.697. The van der Waals surface area contributed by atoms with Crippen molar-refractivity contribution in [2.45, 2.75) is 45.1 Å². The first-order valence-corrected chi connectivity index (χ1v) is 7.89. The third-order valence-electron chi connectivity index (χ3n) is 2.52. The molecular weight excluding hydrogens is 268 g/mol. The molecule has 0 radical (unpaired) electrons. The fourth-order valence-corrected chi connectivity index (χ4v) is 2.02. The van der Waals surface area contributed by atoms with Crippen LogP contribution in [0, 0.1) is 0 Å². The Kier molecular flexibility index (Phi) is 10.3. The van der Waals surface area contributed by atoms with Crippen LogP contribution in [-0.4, -0.2) is 29.9 Å². The number of carbonyl (C=O) groups excluding carboxylic acids is 2. The topological polar surface area (TPSA) is 43.4 Å². The van der Waals surface area contributed by atoms with Gasteiger partial charge in [0.15, 0.2) is 11.9 Å². The van der Waals surface area contributed by atoms with Gasteiger partial charge < -0.3 is 4.74 Å². The second kappa shape index (κ2) is 10.5. The molecule has 0 aliphatic rings. The monoisotopic (exact) mass is 290 g/mol. The van der Waals surface area contributed by atoms with Gasteiger partial charge in [0.05, 0.1) is 0 Å². The van der Waals surface area contributed by atoms with Crippen molar-refractivity contribution in [2.24, 2.45) is 0 Å². The first-order chi connectivity index (χ1) is 8.51. The standard InChI is InChI=1S/C13H22O3S2/c1-10(18-3)7-5-4-6-8-13(15)16-12(9-17)11(2)14/h12,17H,1,4-9H2,2-3H3. The minimum absolute atomic E-state index is 0.158. The predicted molar refractivity (Wildman–Crippen MR) is 80.2 cm³/mol. The van der Waals surface area contributed by atoms with Gasteiger partial charge in [-0.1, -0.05) is 13.0 Å². The predicted octanol–water partition coefficient (Wildman–Crippen LogP) is 3.24. The molecule has 104 valence electrons. The highest BCUT2D eigenvalue weighted by molar-refractivity contribution is 8.02. The highest BCUT2D eigenvalue weighted by atomic mass is 32.2. The fourth-order valence-electron chi connectivity index (χ4n) is 1.34. The Hall–Kier alpha value is -0.420. The van der Waals surface area contributed by atoms with E-state index in [4.69, 9.17) is 4.74 Å². The number of hydrogen-bond donors (Lipinski definition) is 1. The van der Waals surface area contributed by atoms with Gasteiger partial charge in [0.2, 0.25) is 0 Å². The Labute approximate surface area is 119 Å². The molecule has 1 atom stereocenters. The molecule has 0 saturated heterocycles. The fraction of sp³-hybridized carbons (Fsp3) is 0.692. The summed E-state index contributed by atoms with van der Waals surface area (Å²) in [5, 5.41) is 0. The average Bonchev–Trinajstić information content (AvgIpc) is 2.34. The van der Waals surface area contributed by atoms with E-state index in [0.717, 1.165) is 25.7 Å². The van der Waals surface area contributed by atoms with E-state index in [1.165, 1.54) is 11.8 Å². The zero-order valence-electron chi connectivity index (χ0n) is 11.1. The normalized spacial score (nSPS) is 11.9. The van der Waals surface area contributed by atoms with Crippen LogP contribution in [0.25, 0.3) is 0 Å². The Morgan fingerprint density at radius 1 is 1.28 bits per heavy atom. The summed E-state index contributed by atoms with van der Waals surface area (Å²) in [6.45, 7) is 5.31.